The third kappa shape index (κ3) is 4.88. The fraction of sp³-hybridized carbons (Fsp3) is 0.417. The van der Waals surface area contributed by atoms with Gasteiger partial charge in [0, 0.05) is 6.92 Å². The second kappa shape index (κ2) is 10.2. The monoisotopic (exact) mass is 506 g/mol. The van der Waals surface area contributed by atoms with E-state index < -0.39 is 55.1 Å². The number of esters is 1. The number of fused-ring (bicyclic) bond motifs is 1. The summed E-state index contributed by atoms with van der Waals surface area (Å²) in [5, 5.41) is 51.6. The van der Waals surface area contributed by atoms with E-state index in [9.17, 15) is 35.1 Å². The Morgan fingerprint density at radius 2 is 1.78 bits per heavy atom. The van der Waals surface area contributed by atoms with Crippen LogP contribution in [-0.4, -0.2) is 81.7 Å². The van der Waals surface area contributed by atoms with Crippen molar-refractivity contribution in [1.82, 2.24) is 0 Å². The van der Waals surface area contributed by atoms with Crippen molar-refractivity contribution in [3.63, 3.8) is 0 Å². The minimum absolute atomic E-state index is 0.0508. The van der Waals surface area contributed by atoms with Crippen LogP contribution in [0.2, 0.25) is 0 Å². The highest BCUT2D eigenvalue weighted by Gasteiger charge is 2.46. The van der Waals surface area contributed by atoms with Gasteiger partial charge in [-0.25, -0.2) is 0 Å². The Morgan fingerprint density at radius 3 is 2.44 bits per heavy atom. The van der Waals surface area contributed by atoms with Gasteiger partial charge in [0.25, 0.3) is 0 Å². The van der Waals surface area contributed by atoms with E-state index >= 15 is 0 Å². The maximum atomic E-state index is 12.7. The Balaban J connectivity index is 1.57. The summed E-state index contributed by atoms with van der Waals surface area (Å²) >= 11 is 0. The fourth-order valence-electron chi connectivity index (χ4n) is 4.02. The van der Waals surface area contributed by atoms with Crippen LogP contribution in [0.5, 0.6) is 28.7 Å². The Kier molecular flexibility index (Phi) is 7.22. The van der Waals surface area contributed by atoms with Crippen molar-refractivity contribution in [2.45, 2.75) is 50.2 Å². The van der Waals surface area contributed by atoms with Crippen LogP contribution in [0, 0.1) is 0 Å². The maximum absolute atomic E-state index is 12.7. The first-order chi connectivity index (χ1) is 17.1. The molecule has 12 nitrogen and oxygen atoms in total. The number of hydrogen-bond acceptors (Lipinski definition) is 12. The van der Waals surface area contributed by atoms with Gasteiger partial charge in [0.15, 0.2) is 28.8 Å². The zero-order valence-electron chi connectivity index (χ0n) is 19.4. The van der Waals surface area contributed by atoms with Gasteiger partial charge in [-0.05, 0) is 29.8 Å². The molecule has 2 aromatic rings. The van der Waals surface area contributed by atoms with Gasteiger partial charge < -0.3 is 49.2 Å². The van der Waals surface area contributed by atoms with Crippen LogP contribution in [0.15, 0.2) is 30.3 Å². The van der Waals surface area contributed by atoms with E-state index in [0.29, 0.717) is 5.56 Å². The van der Waals surface area contributed by atoms with Crippen LogP contribution >= 0.6 is 0 Å². The topological polar surface area (TPSA) is 181 Å². The smallest absolute Gasteiger partial charge is 0.302 e. The lowest BCUT2D eigenvalue weighted by atomic mass is 9.95. The number of ketones is 1. The molecule has 12 heteroatoms. The summed E-state index contributed by atoms with van der Waals surface area (Å²) in [6.07, 6.45) is -8.66. The predicted molar refractivity (Wildman–Crippen MR) is 119 cm³/mol. The molecule has 2 aliphatic heterocycles. The number of aliphatic hydroxyl groups excluding tert-OH is 3. The molecule has 5 N–H and O–H groups in total. The highest BCUT2D eigenvalue weighted by molar-refractivity contribution is 6.01. The minimum atomic E-state index is -1.72. The molecule has 0 saturated carbocycles. The summed E-state index contributed by atoms with van der Waals surface area (Å²) in [6.45, 7) is 0.742. The maximum Gasteiger partial charge on any atom is 0.302 e. The number of phenols is 2. The number of carbonyl (C=O) groups excluding carboxylic acids is 2. The second-order valence-corrected chi connectivity index (χ2v) is 8.39. The molecule has 6 atom stereocenters. The second-order valence-electron chi connectivity index (χ2n) is 8.39. The molecule has 0 amide bonds. The van der Waals surface area contributed by atoms with Gasteiger partial charge in [0.1, 0.15) is 37.1 Å². The van der Waals surface area contributed by atoms with Gasteiger partial charge in [0.2, 0.25) is 12.0 Å². The number of ether oxygens (including phenoxy) is 5. The van der Waals surface area contributed by atoms with E-state index in [1.807, 2.05) is 0 Å². The number of aromatic hydroxyl groups is 2. The molecule has 0 unspecified atom stereocenters. The van der Waals surface area contributed by atoms with Crippen LogP contribution in [0.3, 0.4) is 0 Å². The molecule has 1 saturated heterocycles. The summed E-state index contributed by atoms with van der Waals surface area (Å²) < 4.78 is 26.7. The summed E-state index contributed by atoms with van der Waals surface area (Å²) in [6, 6.07) is 7.15. The zero-order chi connectivity index (χ0) is 26.1. The van der Waals surface area contributed by atoms with Gasteiger partial charge in [0.05, 0.1) is 19.1 Å². The molecule has 2 aromatic carbocycles. The average molecular weight is 506 g/mol. The molecule has 36 heavy (non-hydrogen) atoms. The number of hydrogen-bond donors (Lipinski definition) is 5. The van der Waals surface area contributed by atoms with Crippen LogP contribution < -0.4 is 14.2 Å². The number of benzene rings is 2. The van der Waals surface area contributed by atoms with E-state index in [-0.39, 0.29) is 40.8 Å². The van der Waals surface area contributed by atoms with Gasteiger partial charge >= 0.3 is 5.97 Å². The molecule has 0 aromatic heterocycles. The molecule has 0 bridgehead atoms. The van der Waals surface area contributed by atoms with Crippen LogP contribution in [0.1, 0.15) is 35.4 Å². The van der Waals surface area contributed by atoms with E-state index in [1.54, 1.807) is 6.07 Å². The standard InChI is InChI=1S/C24H26O12/c1-10(25)33-9-18-19(28)21(30)22(31)24(36-18)35-16-6-4-12-13(26)8-17(34-23(12)20(16)29)11-3-5-15(32-2)14(27)7-11/h3-7,17-19,21-22,24,27-31H,8-9H2,1-2H3/t17-,18+,19+,21-,22+,24+/m0/s1. The van der Waals surface area contributed by atoms with Crippen molar-refractivity contribution in [1.29, 1.82) is 0 Å². The first-order valence-corrected chi connectivity index (χ1v) is 11.0. The molecule has 0 radical (unpaired) electrons. The lowest BCUT2D eigenvalue weighted by molar-refractivity contribution is -0.278. The minimum Gasteiger partial charge on any atom is -0.504 e. The molecule has 0 aliphatic carbocycles. The van der Waals surface area contributed by atoms with Gasteiger partial charge in [-0.1, -0.05) is 6.07 Å². The highest BCUT2D eigenvalue weighted by atomic mass is 16.7. The fourth-order valence-corrected chi connectivity index (χ4v) is 4.02. The molecule has 2 heterocycles. The molecule has 4 rings (SSSR count). The van der Waals surface area contributed by atoms with E-state index in [2.05, 4.69) is 0 Å². The Bertz CT molecular complexity index is 1150. The van der Waals surface area contributed by atoms with Gasteiger partial charge in [-0.2, -0.15) is 0 Å². The number of phenolic OH excluding ortho intramolecular Hbond substituents is 2. The number of methoxy groups -OCH3 is 1. The first-order valence-electron chi connectivity index (χ1n) is 11.0. The Labute approximate surface area is 205 Å². The highest BCUT2D eigenvalue weighted by Crippen LogP contribution is 2.46. The molecule has 1 fully saturated rings. The third-order valence-electron chi connectivity index (χ3n) is 5.96. The zero-order valence-corrected chi connectivity index (χ0v) is 19.4. The number of rotatable bonds is 6. The first kappa shape index (κ1) is 25.5. The van der Waals surface area contributed by atoms with Crippen molar-refractivity contribution < 1.29 is 58.8 Å². The van der Waals surface area contributed by atoms with Crippen molar-refractivity contribution in [3.8, 4) is 28.7 Å². The van der Waals surface area contributed by atoms with E-state index in [1.165, 1.54) is 31.4 Å². The lowest BCUT2D eigenvalue weighted by Gasteiger charge is -2.40. The van der Waals surface area contributed by atoms with E-state index in [0.717, 1.165) is 6.92 Å². The number of aliphatic hydroxyl groups is 3. The van der Waals surface area contributed by atoms with Gasteiger partial charge in [-0.15, -0.1) is 0 Å². The largest absolute Gasteiger partial charge is 0.504 e. The van der Waals surface area contributed by atoms with Crippen LogP contribution in [0.4, 0.5) is 0 Å². The number of carbonyl (C=O) groups is 2. The molecular weight excluding hydrogens is 480 g/mol. The van der Waals surface area contributed by atoms with Crippen LogP contribution in [-0.2, 0) is 14.3 Å². The molecule has 0 spiro atoms. The summed E-state index contributed by atoms with van der Waals surface area (Å²) in [7, 11) is 1.40. The predicted octanol–water partition coefficient (Wildman–Crippen LogP) is 0.562. The molecular formula is C24H26O12. The Hall–Kier alpha value is -3.58. The number of Topliss-reactive ketones (excluding diaryl/α,β-unsaturated/α-hetero) is 1. The van der Waals surface area contributed by atoms with Crippen LogP contribution in [0.25, 0.3) is 0 Å². The third-order valence-corrected chi connectivity index (χ3v) is 5.96. The molecule has 2 aliphatic rings. The SMILES string of the molecule is COc1ccc([C@@H]2CC(=O)c3ccc(O[C@@H]4O[C@H](COC(C)=O)[C@@H](O)[C@H](O)[C@H]4O)c(O)c3O2)cc1O. The Morgan fingerprint density at radius 1 is 1.06 bits per heavy atom. The van der Waals surface area contributed by atoms with E-state index in [4.69, 9.17) is 23.7 Å². The van der Waals surface area contributed by atoms with Crippen molar-refractivity contribution in [2.75, 3.05) is 13.7 Å². The summed E-state index contributed by atoms with van der Waals surface area (Å²) in [5.41, 5.74) is 0.566. The quantitative estimate of drug-likeness (QED) is 0.344. The lowest BCUT2D eigenvalue weighted by Crippen LogP contribution is -2.60. The molecule has 194 valence electrons. The van der Waals surface area contributed by atoms with Crippen molar-refractivity contribution >= 4 is 11.8 Å². The normalized spacial score (nSPS) is 27.5. The van der Waals surface area contributed by atoms with Gasteiger partial charge in [-0.3, -0.25) is 9.59 Å². The van der Waals surface area contributed by atoms with Crippen molar-refractivity contribution in [2.24, 2.45) is 0 Å². The summed E-state index contributed by atoms with van der Waals surface area (Å²) in [4.78, 5) is 23.8. The average Bonchev–Trinajstić information content (AvgIpc) is 2.85. The van der Waals surface area contributed by atoms with Crippen molar-refractivity contribution in [3.05, 3.63) is 41.5 Å². The summed E-state index contributed by atoms with van der Waals surface area (Å²) in [5.74, 6) is -1.85.